The Labute approximate surface area is 102 Å². The largest absolute Gasteiger partial charge is 0.382 e. The van der Waals surface area contributed by atoms with E-state index in [-0.39, 0.29) is 0 Å². The van der Waals surface area contributed by atoms with Crippen LogP contribution >= 0.6 is 0 Å². The fourth-order valence-electron chi connectivity index (χ4n) is 1.83. The van der Waals surface area contributed by atoms with Crippen molar-refractivity contribution in [3.05, 3.63) is 47.8 Å². The Bertz CT molecular complexity index is 473. The third-order valence-electron chi connectivity index (χ3n) is 3.20. The molecule has 1 atom stereocenters. The summed E-state index contributed by atoms with van der Waals surface area (Å²) in [6.07, 6.45) is 1.88. The van der Waals surface area contributed by atoms with Gasteiger partial charge < -0.3 is 5.32 Å². The molecule has 0 saturated heterocycles. The van der Waals surface area contributed by atoms with E-state index in [4.69, 9.17) is 0 Å². The van der Waals surface area contributed by atoms with Crippen LogP contribution in [-0.2, 0) is 7.05 Å². The molecule has 0 aliphatic heterocycles. The Kier molecular flexibility index (Phi) is 3.47. The molecule has 1 heterocycles. The van der Waals surface area contributed by atoms with Gasteiger partial charge in [0.05, 0.1) is 17.6 Å². The van der Waals surface area contributed by atoms with Crippen LogP contribution in [0.5, 0.6) is 0 Å². The molecule has 0 aliphatic rings. The zero-order valence-electron chi connectivity index (χ0n) is 10.6. The van der Waals surface area contributed by atoms with Crippen LogP contribution < -0.4 is 5.32 Å². The van der Waals surface area contributed by atoms with E-state index in [0.717, 1.165) is 12.2 Å². The van der Waals surface area contributed by atoms with E-state index >= 15 is 0 Å². The predicted molar refractivity (Wildman–Crippen MR) is 71.3 cm³/mol. The van der Waals surface area contributed by atoms with Crippen molar-refractivity contribution in [3.8, 4) is 0 Å². The van der Waals surface area contributed by atoms with E-state index in [2.05, 4.69) is 54.6 Å². The summed E-state index contributed by atoms with van der Waals surface area (Å²) < 4.78 is 1.88. The first-order valence-electron chi connectivity index (χ1n) is 5.96. The second-order valence-electron chi connectivity index (χ2n) is 4.46. The predicted octanol–water partition coefficient (Wildman–Crippen LogP) is 2.94. The highest BCUT2D eigenvalue weighted by Crippen LogP contribution is 2.17. The van der Waals surface area contributed by atoms with E-state index < -0.39 is 0 Å². The Balaban J connectivity index is 1.97. The van der Waals surface area contributed by atoms with Crippen molar-refractivity contribution in [1.82, 2.24) is 9.78 Å². The molecule has 1 aromatic heterocycles. The Morgan fingerprint density at radius 1 is 1.29 bits per heavy atom. The summed E-state index contributed by atoms with van der Waals surface area (Å²) in [6.45, 7) is 5.23. The standard InChI is InChI=1S/C14H19N3/c1-11(13-7-5-4-6-8-13)9-15-14-10-16-17(3)12(14)2/h4-8,10-11,15H,9H2,1-3H3/t11-/m0/s1. The molecule has 1 aromatic carbocycles. The third kappa shape index (κ3) is 2.67. The van der Waals surface area contributed by atoms with E-state index in [1.807, 2.05) is 17.9 Å². The summed E-state index contributed by atoms with van der Waals surface area (Å²) >= 11 is 0. The normalized spacial score (nSPS) is 12.4. The van der Waals surface area contributed by atoms with Crippen molar-refractivity contribution in [1.29, 1.82) is 0 Å². The minimum absolute atomic E-state index is 0.496. The number of rotatable bonds is 4. The van der Waals surface area contributed by atoms with Gasteiger partial charge in [-0.3, -0.25) is 4.68 Å². The van der Waals surface area contributed by atoms with Crippen LogP contribution in [0.3, 0.4) is 0 Å². The van der Waals surface area contributed by atoms with E-state index in [1.165, 1.54) is 11.3 Å². The van der Waals surface area contributed by atoms with Crippen LogP contribution in [0.4, 0.5) is 5.69 Å². The number of aryl methyl sites for hydroxylation is 1. The quantitative estimate of drug-likeness (QED) is 0.873. The fourth-order valence-corrected chi connectivity index (χ4v) is 1.83. The molecule has 2 rings (SSSR count). The highest BCUT2D eigenvalue weighted by molar-refractivity contribution is 5.46. The zero-order chi connectivity index (χ0) is 12.3. The number of aromatic nitrogens is 2. The van der Waals surface area contributed by atoms with Gasteiger partial charge >= 0.3 is 0 Å². The second-order valence-corrected chi connectivity index (χ2v) is 4.46. The molecule has 0 saturated carbocycles. The molecule has 0 radical (unpaired) electrons. The lowest BCUT2D eigenvalue weighted by Crippen LogP contribution is -2.10. The fraction of sp³-hybridized carbons (Fsp3) is 0.357. The number of anilines is 1. The van der Waals surface area contributed by atoms with Gasteiger partial charge in [0.25, 0.3) is 0 Å². The highest BCUT2D eigenvalue weighted by Gasteiger charge is 2.07. The molecule has 0 spiro atoms. The smallest absolute Gasteiger partial charge is 0.0756 e. The van der Waals surface area contributed by atoms with E-state index in [1.54, 1.807) is 0 Å². The lowest BCUT2D eigenvalue weighted by Gasteiger charge is -2.13. The molecule has 3 nitrogen and oxygen atoms in total. The maximum absolute atomic E-state index is 4.22. The number of hydrogen-bond acceptors (Lipinski definition) is 2. The van der Waals surface area contributed by atoms with Crippen LogP contribution in [0.25, 0.3) is 0 Å². The van der Waals surface area contributed by atoms with Gasteiger partial charge in [-0.1, -0.05) is 37.3 Å². The zero-order valence-corrected chi connectivity index (χ0v) is 10.6. The average molecular weight is 229 g/mol. The van der Waals surface area contributed by atoms with Crippen LogP contribution in [0.15, 0.2) is 36.5 Å². The summed E-state index contributed by atoms with van der Waals surface area (Å²) in [5, 5.41) is 7.67. The summed E-state index contributed by atoms with van der Waals surface area (Å²) in [4.78, 5) is 0. The molecule has 90 valence electrons. The highest BCUT2D eigenvalue weighted by atomic mass is 15.3. The van der Waals surface area contributed by atoms with Gasteiger partial charge in [-0.05, 0) is 18.4 Å². The molecule has 0 unspecified atom stereocenters. The monoisotopic (exact) mass is 229 g/mol. The number of benzene rings is 1. The minimum atomic E-state index is 0.496. The number of hydrogen-bond donors (Lipinski definition) is 1. The first kappa shape index (κ1) is 11.7. The van der Waals surface area contributed by atoms with Gasteiger partial charge in [0.1, 0.15) is 0 Å². The molecular formula is C14H19N3. The molecule has 0 aliphatic carbocycles. The number of nitrogens with zero attached hydrogens (tertiary/aromatic N) is 2. The van der Waals surface area contributed by atoms with Gasteiger partial charge in [-0.2, -0.15) is 5.10 Å². The first-order chi connectivity index (χ1) is 8.18. The Morgan fingerprint density at radius 3 is 2.59 bits per heavy atom. The van der Waals surface area contributed by atoms with Crippen LogP contribution in [0, 0.1) is 6.92 Å². The van der Waals surface area contributed by atoms with Crippen LogP contribution in [0.2, 0.25) is 0 Å². The lowest BCUT2D eigenvalue weighted by molar-refractivity contribution is 0.739. The van der Waals surface area contributed by atoms with E-state index in [0.29, 0.717) is 5.92 Å². The molecule has 0 amide bonds. The van der Waals surface area contributed by atoms with Crippen molar-refractivity contribution in [2.75, 3.05) is 11.9 Å². The minimum Gasteiger partial charge on any atom is -0.382 e. The Hall–Kier alpha value is -1.77. The lowest BCUT2D eigenvalue weighted by atomic mass is 10.0. The molecule has 1 N–H and O–H groups in total. The second kappa shape index (κ2) is 5.04. The summed E-state index contributed by atoms with van der Waals surface area (Å²) in [5.74, 6) is 0.496. The molecule has 3 heteroatoms. The molecule has 0 bridgehead atoms. The van der Waals surface area contributed by atoms with Gasteiger partial charge in [0.2, 0.25) is 0 Å². The molecular weight excluding hydrogens is 210 g/mol. The maximum Gasteiger partial charge on any atom is 0.0756 e. The summed E-state index contributed by atoms with van der Waals surface area (Å²) in [5.41, 5.74) is 3.65. The van der Waals surface area contributed by atoms with Crippen molar-refractivity contribution in [2.24, 2.45) is 7.05 Å². The number of nitrogens with one attached hydrogen (secondary N) is 1. The van der Waals surface area contributed by atoms with Gasteiger partial charge in [-0.25, -0.2) is 0 Å². The van der Waals surface area contributed by atoms with Gasteiger partial charge in [0.15, 0.2) is 0 Å². The van der Waals surface area contributed by atoms with Gasteiger partial charge in [-0.15, -0.1) is 0 Å². The molecule has 0 fully saturated rings. The average Bonchev–Trinajstić information content (AvgIpc) is 2.68. The first-order valence-corrected chi connectivity index (χ1v) is 5.96. The molecule has 2 aromatic rings. The van der Waals surface area contributed by atoms with Gasteiger partial charge in [0, 0.05) is 13.6 Å². The van der Waals surface area contributed by atoms with Crippen LogP contribution in [-0.4, -0.2) is 16.3 Å². The van der Waals surface area contributed by atoms with Crippen molar-refractivity contribution < 1.29 is 0 Å². The SMILES string of the molecule is Cc1c(NC[C@H](C)c2ccccc2)cnn1C. The maximum atomic E-state index is 4.22. The van der Waals surface area contributed by atoms with Crippen molar-refractivity contribution >= 4 is 5.69 Å². The Morgan fingerprint density at radius 2 is 2.00 bits per heavy atom. The van der Waals surface area contributed by atoms with Crippen molar-refractivity contribution in [3.63, 3.8) is 0 Å². The topological polar surface area (TPSA) is 29.9 Å². The summed E-state index contributed by atoms with van der Waals surface area (Å²) in [7, 11) is 1.96. The summed E-state index contributed by atoms with van der Waals surface area (Å²) in [6, 6.07) is 10.6. The van der Waals surface area contributed by atoms with Crippen molar-refractivity contribution in [2.45, 2.75) is 19.8 Å². The molecule has 17 heavy (non-hydrogen) atoms. The third-order valence-corrected chi connectivity index (χ3v) is 3.20. The van der Waals surface area contributed by atoms with Crippen LogP contribution in [0.1, 0.15) is 24.1 Å². The van der Waals surface area contributed by atoms with E-state index in [9.17, 15) is 0 Å².